The summed E-state index contributed by atoms with van der Waals surface area (Å²) < 4.78 is 2.17. The molecule has 0 radical (unpaired) electrons. The maximum absolute atomic E-state index is 6.36. The van der Waals surface area contributed by atoms with Crippen LogP contribution in [0.3, 0.4) is 0 Å². The van der Waals surface area contributed by atoms with Crippen molar-refractivity contribution in [3.63, 3.8) is 0 Å². The second kappa shape index (κ2) is 6.10. The fraction of sp³-hybridized carbons (Fsp3) is 0.353. The van der Waals surface area contributed by atoms with E-state index in [0.717, 1.165) is 24.2 Å². The zero-order chi connectivity index (χ0) is 15.8. The number of nitrogens with zero attached hydrogens (tertiary/aromatic N) is 4. The Balaban J connectivity index is 1.89. The third-order valence-corrected chi connectivity index (χ3v) is 4.90. The summed E-state index contributed by atoms with van der Waals surface area (Å²) in [5.74, 6) is 1.52. The average Bonchev–Trinajstić information content (AvgIpc) is 3.16. The molecule has 4 nitrogen and oxygen atoms in total. The van der Waals surface area contributed by atoms with Crippen LogP contribution in [0.25, 0.3) is 11.2 Å². The smallest absolute Gasteiger partial charge is 0.225 e. The molecule has 1 fully saturated rings. The largest absolute Gasteiger partial charge is 0.319 e. The third-order valence-electron chi connectivity index (χ3n) is 4.47. The molecule has 2 aromatic heterocycles. The van der Waals surface area contributed by atoms with Gasteiger partial charge in [0.15, 0.2) is 10.8 Å². The summed E-state index contributed by atoms with van der Waals surface area (Å²) in [6.45, 7) is 0.716. The van der Waals surface area contributed by atoms with Gasteiger partial charge in [0.1, 0.15) is 11.3 Å². The number of halogens is 2. The van der Waals surface area contributed by atoms with Gasteiger partial charge in [-0.15, -0.1) is 0 Å². The Hall–Kier alpha value is -1.65. The van der Waals surface area contributed by atoms with E-state index < -0.39 is 0 Å². The Kier molecular flexibility index (Phi) is 3.95. The van der Waals surface area contributed by atoms with E-state index in [2.05, 4.69) is 26.7 Å². The summed E-state index contributed by atoms with van der Waals surface area (Å²) in [6.07, 6.45) is 4.83. The van der Waals surface area contributed by atoms with Crippen LogP contribution < -0.4 is 0 Å². The number of aromatic nitrogens is 4. The highest BCUT2D eigenvalue weighted by molar-refractivity contribution is 6.35. The molecular weight excluding hydrogens is 331 g/mol. The Morgan fingerprint density at radius 2 is 1.74 bits per heavy atom. The van der Waals surface area contributed by atoms with Crippen LogP contribution in [0.4, 0.5) is 0 Å². The molecular formula is C17H16Cl2N4. The van der Waals surface area contributed by atoms with Gasteiger partial charge in [-0.25, -0.2) is 9.97 Å². The van der Waals surface area contributed by atoms with Gasteiger partial charge in [0.25, 0.3) is 0 Å². The molecule has 3 aromatic rings. The van der Waals surface area contributed by atoms with E-state index in [0.29, 0.717) is 23.3 Å². The maximum Gasteiger partial charge on any atom is 0.225 e. The molecule has 0 atom stereocenters. The predicted molar refractivity (Wildman–Crippen MR) is 92.1 cm³/mol. The highest BCUT2D eigenvalue weighted by Crippen LogP contribution is 2.36. The number of hydrogen-bond acceptors (Lipinski definition) is 3. The second-order valence-corrected chi connectivity index (χ2v) is 6.67. The lowest BCUT2D eigenvalue weighted by Gasteiger charge is -2.13. The highest BCUT2D eigenvalue weighted by atomic mass is 35.5. The standard InChI is InChI=1S/C17H16Cl2N4/c18-14-13-15(22-17(19)20-14)21-16(12-8-4-5-9-12)23(13)10-11-6-2-1-3-7-11/h1-3,6-7,12H,4-5,8-10H2. The number of hydrogen-bond donors (Lipinski definition) is 0. The van der Waals surface area contributed by atoms with Crippen molar-refractivity contribution in [2.45, 2.75) is 38.1 Å². The summed E-state index contributed by atoms with van der Waals surface area (Å²) in [7, 11) is 0. The van der Waals surface area contributed by atoms with Crippen molar-refractivity contribution in [1.82, 2.24) is 19.5 Å². The quantitative estimate of drug-likeness (QED) is 0.503. The first kappa shape index (κ1) is 14.9. The molecule has 0 saturated heterocycles. The second-order valence-electron chi connectivity index (χ2n) is 5.98. The van der Waals surface area contributed by atoms with Crippen LogP contribution in [0, 0.1) is 0 Å². The number of imidazole rings is 1. The first-order chi connectivity index (χ1) is 11.2. The van der Waals surface area contributed by atoms with Gasteiger partial charge in [-0.05, 0) is 30.0 Å². The van der Waals surface area contributed by atoms with Crippen molar-refractivity contribution in [2.24, 2.45) is 0 Å². The van der Waals surface area contributed by atoms with E-state index in [4.69, 9.17) is 28.2 Å². The van der Waals surface area contributed by atoms with Crippen molar-refractivity contribution < 1.29 is 0 Å². The van der Waals surface area contributed by atoms with Gasteiger partial charge < -0.3 is 4.57 Å². The van der Waals surface area contributed by atoms with Gasteiger partial charge in [-0.1, -0.05) is 54.8 Å². The summed E-state index contributed by atoms with van der Waals surface area (Å²) in [6, 6.07) is 10.3. The van der Waals surface area contributed by atoms with Gasteiger partial charge in [-0.2, -0.15) is 4.98 Å². The minimum Gasteiger partial charge on any atom is -0.319 e. The van der Waals surface area contributed by atoms with Crippen LogP contribution in [-0.4, -0.2) is 19.5 Å². The van der Waals surface area contributed by atoms with E-state index >= 15 is 0 Å². The van der Waals surface area contributed by atoms with Crippen molar-refractivity contribution in [3.8, 4) is 0 Å². The zero-order valence-corrected chi connectivity index (χ0v) is 14.1. The Labute approximate surface area is 144 Å². The lowest BCUT2D eigenvalue weighted by atomic mass is 10.1. The van der Waals surface area contributed by atoms with Crippen molar-refractivity contribution >= 4 is 34.4 Å². The van der Waals surface area contributed by atoms with E-state index in [1.54, 1.807) is 0 Å². The Morgan fingerprint density at radius 3 is 2.48 bits per heavy atom. The lowest BCUT2D eigenvalue weighted by molar-refractivity contribution is 0.618. The first-order valence-electron chi connectivity index (χ1n) is 7.85. The fourth-order valence-electron chi connectivity index (χ4n) is 3.41. The fourth-order valence-corrected chi connectivity index (χ4v) is 3.88. The molecule has 0 spiro atoms. The van der Waals surface area contributed by atoms with Crippen molar-refractivity contribution in [2.75, 3.05) is 0 Å². The lowest BCUT2D eigenvalue weighted by Crippen LogP contribution is -2.08. The molecule has 1 aromatic carbocycles. The average molecular weight is 347 g/mol. The number of benzene rings is 1. The van der Waals surface area contributed by atoms with Crippen LogP contribution in [0.5, 0.6) is 0 Å². The van der Waals surface area contributed by atoms with E-state index in [-0.39, 0.29) is 5.28 Å². The Morgan fingerprint density at radius 1 is 1.00 bits per heavy atom. The molecule has 1 aliphatic rings. The molecule has 0 unspecified atom stereocenters. The van der Waals surface area contributed by atoms with E-state index in [9.17, 15) is 0 Å². The summed E-state index contributed by atoms with van der Waals surface area (Å²) in [5.41, 5.74) is 2.58. The van der Waals surface area contributed by atoms with Gasteiger partial charge in [-0.3, -0.25) is 0 Å². The van der Waals surface area contributed by atoms with Crippen molar-refractivity contribution in [1.29, 1.82) is 0 Å². The maximum atomic E-state index is 6.36. The van der Waals surface area contributed by atoms with Gasteiger partial charge >= 0.3 is 0 Å². The molecule has 0 aliphatic heterocycles. The van der Waals surface area contributed by atoms with Crippen LogP contribution in [0.1, 0.15) is 43.0 Å². The molecule has 0 bridgehead atoms. The normalized spacial score (nSPS) is 15.6. The molecule has 4 rings (SSSR count). The molecule has 0 amide bonds. The molecule has 0 N–H and O–H groups in total. The molecule has 2 heterocycles. The first-order valence-corrected chi connectivity index (χ1v) is 8.61. The molecule has 1 saturated carbocycles. The minimum absolute atomic E-state index is 0.143. The van der Waals surface area contributed by atoms with Gasteiger partial charge in [0, 0.05) is 12.5 Å². The van der Waals surface area contributed by atoms with Crippen LogP contribution >= 0.6 is 23.2 Å². The third kappa shape index (κ3) is 2.81. The zero-order valence-electron chi connectivity index (χ0n) is 12.5. The van der Waals surface area contributed by atoms with E-state index in [1.165, 1.54) is 18.4 Å². The predicted octanol–water partition coefficient (Wildman–Crippen LogP) is 4.84. The van der Waals surface area contributed by atoms with Crippen LogP contribution in [0.15, 0.2) is 30.3 Å². The molecule has 118 valence electrons. The molecule has 1 aliphatic carbocycles. The Bertz CT molecular complexity index is 839. The van der Waals surface area contributed by atoms with Gasteiger partial charge in [0.2, 0.25) is 5.28 Å². The summed E-state index contributed by atoms with van der Waals surface area (Å²) >= 11 is 12.3. The molecule has 6 heteroatoms. The summed E-state index contributed by atoms with van der Waals surface area (Å²) in [5, 5.41) is 0.512. The molecule has 23 heavy (non-hydrogen) atoms. The van der Waals surface area contributed by atoms with Crippen LogP contribution in [-0.2, 0) is 6.54 Å². The van der Waals surface area contributed by atoms with E-state index in [1.807, 2.05) is 18.2 Å². The van der Waals surface area contributed by atoms with Crippen LogP contribution in [0.2, 0.25) is 10.4 Å². The number of fused-ring (bicyclic) bond motifs is 1. The topological polar surface area (TPSA) is 43.6 Å². The highest BCUT2D eigenvalue weighted by Gasteiger charge is 2.25. The minimum atomic E-state index is 0.143. The van der Waals surface area contributed by atoms with Gasteiger partial charge in [0.05, 0.1) is 0 Å². The number of rotatable bonds is 3. The summed E-state index contributed by atoms with van der Waals surface area (Å²) in [4.78, 5) is 13.1. The van der Waals surface area contributed by atoms with Crippen molar-refractivity contribution in [3.05, 3.63) is 52.2 Å². The monoisotopic (exact) mass is 346 g/mol. The SMILES string of the molecule is Clc1nc(Cl)c2c(n1)nc(C1CCCC1)n2Cc1ccccc1.